The van der Waals surface area contributed by atoms with Crippen molar-refractivity contribution in [2.75, 3.05) is 5.32 Å². The SMILES string of the molecule is CCCc1cc(NC(=O)c2cc(Cl)nc(Cl)c2)nc(Cl)n1. The molecule has 1 amide bonds. The van der Waals surface area contributed by atoms with Crippen LogP contribution >= 0.6 is 34.8 Å². The van der Waals surface area contributed by atoms with E-state index in [0.717, 1.165) is 18.5 Å². The molecule has 0 atom stereocenters. The van der Waals surface area contributed by atoms with E-state index in [4.69, 9.17) is 34.8 Å². The third-order valence-electron chi connectivity index (χ3n) is 2.52. The summed E-state index contributed by atoms with van der Waals surface area (Å²) in [5, 5.41) is 3.00. The minimum Gasteiger partial charge on any atom is -0.306 e. The first-order chi connectivity index (χ1) is 9.97. The van der Waals surface area contributed by atoms with Crippen LogP contribution in [0.5, 0.6) is 0 Å². The molecule has 110 valence electrons. The first-order valence-corrected chi connectivity index (χ1v) is 7.29. The maximum absolute atomic E-state index is 12.1. The van der Waals surface area contributed by atoms with Crippen LogP contribution in [0.1, 0.15) is 29.4 Å². The lowest BCUT2D eigenvalue weighted by atomic mass is 10.2. The van der Waals surface area contributed by atoms with Crippen molar-refractivity contribution in [3.8, 4) is 0 Å². The molecule has 1 N–H and O–H groups in total. The second-order valence-electron chi connectivity index (χ2n) is 4.22. The van der Waals surface area contributed by atoms with Gasteiger partial charge in [0.25, 0.3) is 5.91 Å². The van der Waals surface area contributed by atoms with E-state index in [1.54, 1.807) is 6.07 Å². The minimum absolute atomic E-state index is 0.0852. The molecule has 0 unspecified atom stereocenters. The molecule has 0 radical (unpaired) electrons. The van der Waals surface area contributed by atoms with Crippen molar-refractivity contribution in [2.45, 2.75) is 19.8 Å². The Morgan fingerprint density at radius 2 is 1.76 bits per heavy atom. The van der Waals surface area contributed by atoms with Gasteiger partial charge < -0.3 is 5.32 Å². The fourth-order valence-corrected chi connectivity index (χ4v) is 2.36. The number of hydrogen-bond acceptors (Lipinski definition) is 4. The average Bonchev–Trinajstić information content (AvgIpc) is 2.37. The van der Waals surface area contributed by atoms with Gasteiger partial charge in [-0.1, -0.05) is 36.5 Å². The summed E-state index contributed by atoms with van der Waals surface area (Å²) in [5.41, 5.74) is 1.05. The molecule has 2 rings (SSSR count). The Morgan fingerprint density at radius 1 is 1.10 bits per heavy atom. The average molecular weight is 346 g/mol. The van der Waals surface area contributed by atoms with E-state index < -0.39 is 5.91 Å². The zero-order valence-corrected chi connectivity index (χ0v) is 13.3. The molecule has 0 aliphatic heterocycles. The monoisotopic (exact) mass is 344 g/mol. The summed E-state index contributed by atoms with van der Waals surface area (Å²) in [5.74, 6) is -0.0778. The van der Waals surface area contributed by atoms with Crippen molar-refractivity contribution in [3.05, 3.63) is 45.0 Å². The standard InChI is InChI=1S/C13H11Cl3N4O/c1-2-3-8-6-11(20-13(16)17-8)19-12(21)7-4-9(14)18-10(15)5-7/h4-6H,2-3H2,1H3,(H,17,19,20,21). The van der Waals surface area contributed by atoms with Gasteiger partial charge in [0.2, 0.25) is 5.28 Å². The van der Waals surface area contributed by atoms with Crippen LogP contribution in [0.2, 0.25) is 15.6 Å². The van der Waals surface area contributed by atoms with Gasteiger partial charge in [0.1, 0.15) is 16.1 Å². The van der Waals surface area contributed by atoms with Crippen LogP contribution in [-0.2, 0) is 6.42 Å². The number of anilines is 1. The van der Waals surface area contributed by atoms with E-state index >= 15 is 0 Å². The van der Waals surface area contributed by atoms with Crippen LogP contribution in [-0.4, -0.2) is 20.9 Å². The van der Waals surface area contributed by atoms with Crippen LogP contribution in [0.25, 0.3) is 0 Å². The van der Waals surface area contributed by atoms with Crippen molar-refractivity contribution in [1.29, 1.82) is 0 Å². The molecule has 0 spiro atoms. The number of carbonyl (C=O) groups is 1. The third-order valence-corrected chi connectivity index (χ3v) is 3.08. The van der Waals surface area contributed by atoms with E-state index in [1.807, 2.05) is 6.92 Å². The molecule has 0 fully saturated rings. The lowest BCUT2D eigenvalue weighted by molar-refractivity contribution is 0.102. The van der Waals surface area contributed by atoms with Crippen molar-refractivity contribution >= 4 is 46.5 Å². The van der Waals surface area contributed by atoms with Crippen LogP contribution in [0.4, 0.5) is 5.82 Å². The van der Waals surface area contributed by atoms with Crippen LogP contribution in [0.15, 0.2) is 18.2 Å². The van der Waals surface area contributed by atoms with Gasteiger partial charge in [-0.2, -0.15) is 0 Å². The predicted molar refractivity (Wildman–Crippen MR) is 83.2 cm³/mol. The highest BCUT2D eigenvalue weighted by Gasteiger charge is 2.11. The lowest BCUT2D eigenvalue weighted by Gasteiger charge is -2.07. The Labute approximate surface area is 136 Å². The molecular formula is C13H11Cl3N4O. The molecule has 0 bridgehead atoms. The summed E-state index contributed by atoms with van der Waals surface area (Å²) in [6, 6.07) is 4.51. The zero-order chi connectivity index (χ0) is 15.4. The normalized spacial score (nSPS) is 10.5. The molecule has 21 heavy (non-hydrogen) atoms. The van der Waals surface area contributed by atoms with Crippen LogP contribution in [0, 0.1) is 0 Å². The number of nitrogens with one attached hydrogen (secondary N) is 1. The molecule has 8 heteroatoms. The number of carbonyl (C=O) groups excluding carboxylic acids is 1. The molecule has 0 saturated heterocycles. The summed E-state index contributed by atoms with van der Waals surface area (Å²) < 4.78 is 0. The van der Waals surface area contributed by atoms with Gasteiger partial charge in [0, 0.05) is 17.3 Å². The van der Waals surface area contributed by atoms with Crippen molar-refractivity contribution in [3.63, 3.8) is 0 Å². The van der Waals surface area contributed by atoms with Gasteiger partial charge in [-0.15, -0.1) is 0 Å². The van der Waals surface area contributed by atoms with Crippen molar-refractivity contribution in [1.82, 2.24) is 15.0 Å². The molecule has 0 aliphatic rings. The molecule has 2 aromatic heterocycles. The molecule has 2 aromatic rings. The van der Waals surface area contributed by atoms with Gasteiger partial charge in [-0.25, -0.2) is 15.0 Å². The van der Waals surface area contributed by atoms with Gasteiger partial charge >= 0.3 is 0 Å². The Hall–Kier alpha value is -1.43. The number of pyridine rings is 1. The van der Waals surface area contributed by atoms with Gasteiger partial charge in [0.05, 0.1) is 0 Å². The van der Waals surface area contributed by atoms with Crippen molar-refractivity contribution < 1.29 is 4.79 Å². The number of amides is 1. The molecule has 2 heterocycles. The Balaban J connectivity index is 2.22. The predicted octanol–water partition coefficient (Wildman–Crippen LogP) is 4.04. The summed E-state index contributed by atoms with van der Waals surface area (Å²) in [6.45, 7) is 2.02. The largest absolute Gasteiger partial charge is 0.306 e. The Kier molecular flexibility index (Phi) is 5.33. The fourth-order valence-electron chi connectivity index (χ4n) is 1.70. The molecule has 5 nitrogen and oxygen atoms in total. The number of hydrogen-bond donors (Lipinski definition) is 1. The number of aromatic nitrogens is 3. The minimum atomic E-state index is -0.404. The Bertz CT molecular complexity index is 658. The van der Waals surface area contributed by atoms with Crippen LogP contribution < -0.4 is 5.32 Å². The molecular weight excluding hydrogens is 335 g/mol. The first kappa shape index (κ1) is 15.9. The van der Waals surface area contributed by atoms with Crippen molar-refractivity contribution in [2.24, 2.45) is 0 Å². The zero-order valence-electron chi connectivity index (χ0n) is 11.0. The number of nitrogens with zero attached hydrogens (tertiary/aromatic N) is 3. The van der Waals surface area contributed by atoms with E-state index in [9.17, 15) is 4.79 Å². The second kappa shape index (κ2) is 7.02. The highest BCUT2D eigenvalue weighted by Crippen LogP contribution is 2.17. The van der Waals surface area contributed by atoms with E-state index in [0.29, 0.717) is 5.82 Å². The maximum atomic E-state index is 12.1. The summed E-state index contributed by atoms with van der Waals surface area (Å²) in [7, 11) is 0. The quantitative estimate of drug-likeness (QED) is 0.671. The number of rotatable bonds is 4. The Morgan fingerprint density at radius 3 is 2.38 bits per heavy atom. The number of halogens is 3. The van der Waals surface area contributed by atoms with E-state index in [-0.39, 0.29) is 21.2 Å². The fraction of sp³-hybridized carbons (Fsp3) is 0.231. The number of aryl methyl sites for hydroxylation is 1. The van der Waals surface area contributed by atoms with E-state index in [2.05, 4.69) is 20.3 Å². The lowest BCUT2D eigenvalue weighted by Crippen LogP contribution is -2.14. The first-order valence-electron chi connectivity index (χ1n) is 6.16. The summed E-state index contributed by atoms with van der Waals surface area (Å²) >= 11 is 17.4. The second-order valence-corrected chi connectivity index (χ2v) is 5.33. The molecule has 0 aliphatic carbocycles. The molecule has 0 saturated carbocycles. The topological polar surface area (TPSA) is 67.8 Å². The summed E-state index contributed by atoms with van der Waals surface area (Å²) in [6.07, 6.45) is 1.66. The van der Waals surface area contributed by atoms with Gasteiger partial charge in [0.15, 0.2) is 0 Å². The van der Waals surface area contributed by atoms with E-state index in [1.165, 1.54) is 12.1 Å². The van der Waals surface area contributed by atoms with Gasteiger partial charge in [-0.3, -0.25) is 4.79 Å². The highest BCUT2D eigenvalue weighted by molar-refractivity contribution is 6.33. The van der Waals surface area contributed by atoms with Crippen LogP contribution in [0.3, 0.4) is 0 Å². The molecule has 0 aromatic carbocycles. The highest BCUT2D eigenvalue weighted by atomic mass is 35.5. The maximum Gasteiger partial charge on any atom is 0.257 e. The smallest absolute Gasteiger partial charge is 0.257 e. The summed E-state index contributed by atoms with van der Waals surface area (Å²) in [4.78, 5) is 24.0. The van der Waals surface area contributed by atoms with Gasteiger partial charge in [-0.05, 0) is 30.2 Å². The third kappa shape index (κ3) is 4.52.